The van der Waals surface area contributed by atoms with E-state index in [1.165, 1.54) is 12.6 Å². The Hall–Kier alpha value is -2.79. The van der Waals surface area contributed by atoms with Gasteiger partial charge in [-0.2, -0.15) is 0 Å². The molecule has 0 radical (unpaired) electrons. The van der Waals surface area contributed by atoms with E-state index in [2.05, 4.69) is 0 Å². The van der Waals surface area contributed by atoms with Gasteiger partial charge in [-0.3, -0.25) is 0 Å². The molecule has 136 valence electrons. The van der Waals surface area contributed by atoms with E-state index in [0.29, 0.717) is 12.3 Å². The van der Waals surface area contributed by atoms with Gasteiger partial charge in [-0.15, -0.1) is 0 Å². The Balaban J connectivity index is 1.53. The van der Waals surface area contributed by atoms with Gasteiger partial charge >= 0.3 is 0 Å². The predicted molar refractivity (Wildman–Crippen MR) is 103 cm³/mol. The molecule has 0 aromatic heterocycles. The fourth-order valence-corrected chi connectivity index (χ4v) is 2.77. The molecule has 3 rings (SSSR count). The summed E-state index contributed by atoms with van der Waals surface area (Å²) in [5, 5.41) is 7.06. The predicted octanol–water partition coefficient (Wildman–Crippen LogP) is 4.38. The van der Waals surface area contributed by atoms with E-state index >= 15 is 0 Å². The summed E-state index contributed by atoms with van der Waals surface area (Å²) in [6.45, 7) is 1.43. The first-order chi connectivity index (χ1) is 12.7. The van der Waals surface area contributed by atoms with Crippen LogP contribution in [0.25, 0.3) is 5.70 Å². The third-order valence-electron chi connectivity index (χ3n) is 4.22. The van der Waals surface area contributed by atoms with Crippen molar-refractivity contribution in [3.8, 4) is 17.2 Å². The van der Waals surface area contributed by atoms with Crippen molar-refractivity contribution in [1.29, 1.82) is 5.41 Å². The van der Waals surface area contributed by atoms with Crippen molar-refractivity contribution >= 4 is 11.9 Å². The van der Waals surface area contributed by atoms with Crippen LogP contribution >= 0.6 is 0 Å². The molecule has 1 aliphatic rings. The molecule has 0 spiro atoms. The van der Waals surface area contributed by atoms with Crippen molar-refractivity contribution in [2.24, 2.45) is 5.73 Å². The van der Waals surface area contributed by atoms with Crippen LogP contribution < -0.4 is 15.2 Å². The van der Waals surface area contributed by atoms with Crippen LogP contribution in [0.3, 0.4) is 0 Å². The monoisotopic (exact) mass is 352 g/mol. The minimum absolute atomic E-state index is 0.201. The molecular formula is C21H24N2O3. The first-order valence-corrected chi connectivity index (χ1v) is 8.83. The summed E-state index contributed by atoms with van der Waals surface area (Å²) in [4.78, 5) is 0. The van der Waals surface area contributed by atoms with Gasteiger partial charge < -0.3 is 25.4 Å². The van der Waals surface area contributed by atoms with Crippen molar-refractivity contribution in [3.05, 3.63) is 60.2 Å². The van der Waals surface area contributed by atoms with Gasteiger partial charge in [-0.1, -0.05) is 0 Å². The highest BCUT2D eigenvalue weighted by atomic mass is 16.5. The van der Waals surface area contributed by atoms with Crippen molar-refractivity contribution in [1.82, 2.24) is 0 Å². The van der Waals surface area contributed by atoms with Crippen molar-refractivity contribution < 1.29 is 14.2 Å². The van der Waals surface area contributed by atoms with E-state index in [0.717, 1.165) is 42.3 Å². The molecule has 1 fully saturated rings. The highest BCUT2D eigenvalue weighted by Gasteiger charge is 2.14. The summed E-state index contributed by atoms with van der Waals surface area (Å²) in [5.74, 6) is 2.27. The average molecular weight is 352 g/mol. The van der Waals surface area contributed by atoms with Crippen LogP contribution in [0.5, 0.6) is 17.2 Å². The van der Waals surface area contributed by atoms with Crippen molar-refractivity contribution in [2.75, 3.05) is 13.2 Å². The number of allylic oxidation sites excluding steroid dienone is 1. The Morgan fingerprint density at radius 2 is 1.69 bits per heavy atom. The quantitative estimate of drug-likeness (QED) is 0.725. The first kappa shape index (κ1) is 18.0. The Morgan fingerprint density at radius 1 is 1.04 bits per heavy atom. The Bertz CT molecular complexity index is 733. The summed E-state index contributed by atoms with van der Waals surface area (Å²) in [7, 11) is 0. The molecule has 26 heavy (non-hydrogen) atoms. The third-order valence-corrected chi connectivity index (χ3v) is 4.22. The molecule has 0 aliphatic carbocycles. The second kappa shape index (κ2) is 9.06. The Morgan fingerprint density at radius 3 is 2.31 bits per heavy atom. The molecule has 1 unspecified atom stereocenters. The summed E-state index contributed by atoms with van der Waals surface area (Å²) in [6.07, 6.45) is 6.34. The standard InChI is InChI=1S/C21H24N2O3/c22-13-12-21(23)16-4-6-18(7-5-16)26-19-10-8-17(9-11-19)25-15-20-3-1-2-14-24-20/h4-13,20,22H,1-3,14-15,23H2/b21-12-,22-13?. The summed E-state index contributed by atoms with van der Waals surface area (Å²) in [5.41, 5.74) is 7.26. The molecule has 5 heteroatoms. The third kappa shape index (κ3) is 5.10. The number of rotatable bonds is 7. The molecule has 2 aromatic carbocycles. The molecule has 2 aromatic rings. The fraction of sp³-hybridized carbons (Fsp3) is 0.286. The van der Waals surface area contributed by atoms with Crippen molar-refractivity contribution in [3.63, 3.8) is 0 Å². The zero-order valence-electron chi connectivity index (χ0n) is 14.7. The van der Waals surface area contributed by atoms with Gasteiger partial charge in [0.15, 0.2) is 0 Å². The second-order valence-corrected chi connectivity index (χ2v) is 6.19. The number of benzene rings is 2. The highest BCUT2D eigenvalue weighted by Crippen LogP contribution is 2.25. The molecule has 3 N–H and O–H groups in total. The van der Waals surface area contributed by atoms with Crippen LogP contribution in [0.2, 0.25) is 0 Å². The van der Waals surface area contributed by atoms with E-state index in [4.69, 9.17) is 25.4 Å². The molecule has 1 aliphatic heterocycles. The zero-order valence-corrected chi connectivity index (χ0v) is 14.7. The van der Waals surface area contributed by atoms with Gasteiger partial charge in [0.1, 0.15) is 23.9 Å². The van der Waals surface area contributed by atoms with Crippen LogP contribution in [0.4, 0.5) is 0 Å². The van der Waals surface area contributed by atoms with E-state index in [9.17, 15) is 0 Å². The maximum absolute atomic E-state index is 7.06. The van der Waals surface area contributed by atoms with Crippen LogP contribution in [0.15, 0.2) is 54.6 Å². The molecule has 1 atom stereocenters. The largest absolute Gasteiger partial charge is 0.491 e. The van der Waals surface area contributed by atoms with Crippen LogP contribution in [0.1, 0.15) is 24.8 Å². The Kier molecular flexibility index (Phi) is 6.28. The van der Waals surface area contributed by atoms with Gasteiger partial charge in [0.2, 0.25) is 0 Å². The van der Waals surface area contributed by atoms with Gasteiger partial charge in [0.25, 0.3) is 0 Å². The smallest absolute Gasteiger partial charge is 0.127 e. The normalized spacial score (nSPS) is 17.5. The Labute approximate surface area is 153 Å². The lowest BCUT2D eigenvalue weighted by Gasteiger charge is -2.22. The zero-order chi connectivity index (χ0) is 18.2. The SMILES string of the molecule is N=C/C=C(\N)c1ccc(Oc2ccc(OCC3CCCCO3)cc2)cc1. The van der Waals surface area contributed by atoms with Gasteiger partial charge in [0, 0.05) is 18.5 Å². The molecule has 1 heterocycles. The summed E-state index contributed by atoms with van der Waals surface area (Å²) < 4.78 is 17.3. The number of nitrogens with two attached hydrogens (primary N) is 1. The molecule has 0 amide bonds. The van der Waals surface area contributed by atoms with Crippen LogP contribution in [0, 0.1) is 5.41 Å². The van der Waals surface area contributed by atoms with E-state index in [1.807, 2.05) is 48.5 Å². The lowest BCUT2D eigenvalue weighted by molar-refractivity contribution is -0.0110. The van der Waals surface area contributed by atoms with E-state index in [1.54, 1.807) is 6.08 Å². The number of ether oxygens (including phenoxy) is 3. The molecular weight excluding hydrogens is 328 g/mol. The van der Waals surface area contributed by atoms with E-state index < -0.39 is 0 Å². The molecule has 5 nitrogen and oxygen atoms in total. The van der Waals surface area contributed by atoms with Crippen LogP contribution in [-0.4, -0.2) is 25.5 Å². The van der Waals surface area contributed by atoms with Gasteiger partial charge in [-0.05, 0) is 79.4 Å². The summed E-state index contributed by atoms with van der Waals surface area (Å²) in [6, 6.07) is 15.0. The highest BCUT2D eigenvalue weighted by molar-refractivity contribution is 5.81. The maximum Gasteiger partial charge on any atom is 0.127 e. The first-order valence-electron chi connectivity index (χ1n) is 8.83. The number of nitrogens with one attached hydrogen (secondary N) is 1. The van der Waals surface area contributed by atoms with Gasteiger partial charge in [-0.25, -0.2) is 0 Å². The number of hydrogen-bond donors (Lipinski definition) is 2. The second-order valence-electron chi connectivity index (χ2n) is 6.19. The average Bonchev–Trinajstić information content (AvgIpc) is 2.69. The minimum Gasteiger partial charge on any atom is -0.491 e. The van der Waals surface area contributed by atoms with Gasteiger partial charge in [0.05, 0.1) is 6.10 Å². The molecule has 0 saturated carbocycles. The summed E-state index contributed by atoms with van der Waals surface area (Å²) >= 11 is 0. The van der Waals surface area contributed by atoms with Crippen LogP contribution in [-0.2, 0) is 4.74 Å². The lowest BCUT2D eigenvalue weighted by Crippen LogP contribution is -2.25. The topological polar surface area (TPSA) is 77.6 Å². The molecule has 1 saturated heterocycles. The molecule has 0 bridgehead atoms. The minimum atomic E-state index is 0.201. The lowest BCUT2D eigenvalue weighted by atomic mass is 10.1. The maximum atomic E-state index is 7.06. The van der Waals surface area contributed by atoms with Crippen molar-refractivity contribution in [2.45, 2.75) is 25.4 Å². The van der Waals surface area contributed by atoms with E-state index in [-0.39, 0.29) is 6.10 Å². The fourth-order valence-electron chi connectivity index (χ4n) is 2.77. The number of hydrogen-bond acceptors (Lipinski definition) is 5.